The van der Waals surface area contributed by atoms with E-state index in [0.717, 1.165) is 18.5 Å². The molecule has 1 aliphatic heterocycles. The SMILES string of the molecule is CC1(C)OC(=O)C(=CNc2ccc(S(C)(=O)=O)cc2F)C(=O)O1. The number of anilines is 1. The Labute approximate surface area is 132 Å². The maximum atomic E-state index is 13.9. The number of esters is 2. The van der Waals surface area contributed by atoms with Crippen LogP contribution in [0, 0.1) is 5.82 Å². The van der Waals surface area contributed by atoms with Crippen LogP contribution in [0.3, 0.4) is 0 Å². The average molecular weight is 343 g/mol. The van der Waals surface area contributed by atoms with E-state index < -0.39 is 39.0 Å². The summed E-state index contributed by atoms with van der Waals surface area (Å²) >= 11 is 0. The van der Waals surface area contributed by atoms with Crippen LogP contribution in [0.15, 0.2) is 34.9 Å². The number of ether oxygens (including phenoxy) is 2. The van der Waals surface area contributed by atoms with E-state index in [2.05, 4.69) is 5.32 Å². The Morgan fingerprint density at radius 1 is 1.17 bits per heavy atom. The van der Waals surface area contributed by atoms with Gasteiger partial charge < -0.3 is 14.8 Å². The lowest BCUT2D eigenvalue weighted by molar-refractivity contribution is -0.222. The summed E-state index contributed by atoms with van der Waals surface area (Å²) in [7, 11) is -3.54. The smallest absolute Gasteiger partial charge is 0.350 e. The molecule has 1 aliphatic rings. The van der Waals surface area contributed by atoms with Crippen LogP contribution in [-0.2, 0) is 28.9 Å². The number of hydrogen-bond acceptors (Lipinski definition) is 7. The Hall–Kier alpha value is -2.42. The standard InChI is InChI=1S/C14H14FNO6S/c1-14(2)21-12(17)9(13(18)22-14)7-16-11-5-4-8(6-10(11)15)23(3,19)20/h4-7,16H,1-3H3. The van der Waals surface area contributed by atoms with Gasteiger partial charge >= 0.3 is 11.9 Å². The third-order valence-corrected chi connectivity index (χ3v) is 3.97. The highest BCUT2D eigenvalue weighted by molar-refractivity contribution is 7.90. The Morgan fingerprint density at radius 3 is 2.22 bits per heavy atom. The monoisotopic (exact) mass is 343 g/mol. The zero-order valence-corrected chi connectivity index (χ0v) is 13.4. The maximum absolute atomic E-state index is 13.9. The highest BCUT2D eigenvalue weighted by Crippen LogP contribution is 2.24. The highest BCUT2D eigenvalue weighted by atomic mass is 32.2. The van der Waals surface area contributed by atoms with Crippen molar-refractivity contribution in [1.29, 1.82) is 0 Å². The van der Waals surface area contributed by atoms with Gasteiger partial charge in [0.25, 0.3) is 5.79 Å². The minimum Gasteiger partial charge on any atom is -0.419 e. The van der Waals surface area contributed by atoms with Crippen LogP contribution in [-0.4, -0.2) is 32.4 Å². The molecule has 2 rings (SSSR count). The van der Waals surface area contributed by atoms with Gasteiger partial charge in [-0.25, -0.2) is 22.4 Å². The lowest BCUT2D eigenvalue weighted by Crippen LogP contribution is -2.42. The molecule has 0 aromatic heterocycles. The number of carbonyl (C=O) groups excluding carboxylic acids is 2. The van der Waals surface area contributed by atoms with Crippen molar-refractivity contribution in [3.63, 3.8) is 0 Å². The molecule has 1 fully saturated rings. The van der Waals surface area contributed by atoms with E-state index in [9.17, 15) is 22.4 Å². The molecule has 1 heterocycles. The maximum Gasteiger partial charge on any atom is 0.350 e. The van der Waals surface area contributed by atoms with Crippen molar-refractivity contribution in [1.82, 2.24) is 0 Å². The second-order valence-electron chi connectivity index (χ2n) is 5.30. The van der Waals surface area contributed by atoms with E-state index in [1.54, 1.807) is 0 Å². The zero-order valence-electron chi connectivity index (χ0n) is 12.5. The van der Waals surface area contributed by atoms with Crippen molar-refractivity contribution >= 4 is 27.5 Å². The average Bonchev–Trinajstić information content (AvgIpc) is 2.36. The molecule has 0 spiro atoms. The second-order valence-corrected chi connectivity index (χ2v) is 7.31. The van der Waals surface area contributed by atoms with E-state index in [4.69, 9.17) is 9.47 Å². The van der Waals surface area contributed by atoms with Crippen LogP contribution < -0.4 is 5.32 Å². The van der Waals surface area contributed by atoms with Crippen LogP contribution in [0.5, 0.6) is 0 Å². The zero-order chi connectivity index (χ0) is 17.4. The van der Waals surface area contributed by atoms with Crippen molar-refractivity contribution in [2.45, 2.75) is 24.5 Å². The molecule has 0 amide bonds. The molecule has 0 saturated carbocycles. The van der Waals surface area contributed by atoms with Crippen molar-refractivity contribution in [2.75, 3.05) is 11.6 Å². The molecule has 9 heteroatoms. The van der Waals surface area contributed by atoms with Crippen LogP contribution in [0.1, 0.15) is 13.8 Å². The molecule has 7 nitrogen and oxygen atoms in total. The summed E-state index contributed by atoms with van der Waals surface area (Å²) < 4.78 is 46.3. The molecular formula is C14H14FNO6S. The number of hydrogen-bond donors (Lipinski definition) is 1. The van der Waals surface area contributed by atoms with E-state index >= 15 is 0 Å². The third-order valence-electron chi connectivity index (χ3n) is 2.86. The normalized spacial score (nSPS) is 17.3. The summed E-state index contributed by atoms with van der Waals surface area (Å²) in [6.45, 7) is 2.80. The van der Waals surface area contributed by atoms with E-state index in [1.165, 1.54) is 26.0 Å². The van der Waals surface area contributed by atoms with E-state index in [1.807, 2.05) is 0 Å². The number of cyclic esters (lactones) is 2. The Bertz CT molecular complexity index is 791. The number of rotatable bonds is 3. The fourth-order valence-electron chi connectivity index (χ4n) is 1.77. The van der Waals surface area contributed by atoms with Crippen LogP contribution in [0.2, 0.25) is 0 Å². The van der Waals surface area contributed by atoms with E-state index in [0.29, 0.717) is 0 Å². The largest absolute Gasteiger partial charge is 0.419 e. The summed E-state index contributed by atoms with van der Waals surface area (Å²) in [5.41, 5.74) is -0.550. The van der Waals surface area contributed by atoms with Crippen molar-refractivity contribution in [3.8, 4) is 0 Å². The molecule has 1 aromatic rings. The van der Waals surface area contributed by atoms with Gasteiger partial charge in [0.2, 0.25) is 0 Å². The molecule has 23 heavy (non-hydrogen) atoms. The topological polar surface area (TPSA) is 98.8 Å². The molecule has 0 aliphatic carbocycles. The fourth-order valence-corrected chi connectivity index (χ4v) is 2.40. The third kappa shape index (κ3) is 3.86. The Kier molecular flexibility index (Phi) is 4.16. The molecule has 0 bridgehead atoms. The van der Waals surface area contributed by atoms with E-state index in [-0.39, 0.29) is 10.6 Å². The second kappa shape index (κ2) is 5.65. The van der Waals surface area contributed by atoms with Crippen molar-refractivity contribution < 1.29 is 31.9 Å². The van der Waals surface area contributed by atoms with Crippen LogP contribution in [0.4, 0.5) is 10.1 Å². The molecular weight excluding hydrogens is 329 g/mol. The molecule has 0 atom stereocenters. The number of sulfone groups is 1. The predicted octanol–water partition coefficient (Wildman–Crippen LogP) is 1.36. The van der Waals surface area contributed by atoms with Gasteiger partial charge in [-0.15, -0.1) is 0 Å². The minimum atomic E-state index is -3.54. The Morgan fingerprint density at radius 2 is 1.74 bits per heavy atom. The summed E-state index contributed by atoms with van der Waals surface area (Å²) in [5, 5.41) is 2.42. The molecule has 0 unspecified atom stereocenters. The quantitative estimate of drug-likeness (QED) is 0.502. The first-order valence-electron chi connectivity index (χ1n) is 6.42. The van der Waals surface area contributed by atoms with Gasteiger partial charge in [-0.2, -0.15) is 0 Å². The van der Waals surface area contributed by atoms with Crippen molar-refractivity contribution in [3.05, 3.63) is 35.8 Å². The number of halogens is 1. The van der Waals surface area contributed by atoms with Gasteiger partial charge in [0.1, 0.15) is 5.82 Å². The first kappa shape index (κ1) is 16.9. The van der Waals surface area contributed by atoms with Gasteiger partial charge in [-0.05, 0) is 18.2 Å². The molecule has 1 aromatic carbocycles. The number of benzene rings is 1. The molecule has 1 N–H and O–H groups in total. The lowest BCUT2D eigenvalue weighted by atomic mass is 10.2. The lowest BCUT2D eigenvalue weighted by Gasteiger charge is -2.29. The molecule has 1 saturated heterocycles. The van der Waals surface area contributed by atoms with Gasteiger partial charge in [0, 0.05) is 26.3 Å². The minimum absolute atomic E-state index is 0.115. The number of nitrogens with one attached hydrogen (secondary N) is 1. The highest BCUT2D eigenvalue weighted by Gasteiger charge is 2.38. The molecule has 0 radical (unpaired) electrons. The fraction of sp³-hybridized carbons (Fsp3) is 0.286. The molecule has 124 valence electrons. The van der Waals surface area contributed by atoms with Gasteiger partial charge in [-0.1, -0.05) is 0 Å². The van der Waals surface area contributed by atoms with Gasteiger partial charge in [0.15, 0.2) is 15.4 Å². The van der Waals surface area contributed by atoms with Gasteiger partial charge in [0.05, 0.1) is 10.6 Å². The van der Waals surface area contributed by atoms with Crippen LogP contribution >= 0.6 is 0 Å². The predicted molar refractivity (Wildman–Crippen MR) is 77.5 cm³/mol. The summed E-state index contributed by atoms with van der Waals surface area (Å²) in [5.74, 6) is -4.05. The summed E-state index contributed by atoms with van der Waals surface area (Å²) in [6.07, 6.45) is 1.89. The number of carbonyl (C=O) groups is 2. The van der Waals surface area contributed by atoms with Crippen LogP contribution in [0.25, 0.3) is 0 Å². The van der Waals surface area contributed by atoms with Gasteiger partial charge in [-0.3, -0.25) is 0 Å². The summed E-state index contributed by atoms with van der Waals surface area (Å²) in [6, 6.07) is 3.20. The first-order chi connectivity index (χ1) is 10.5. The Balaban J connectivity index is 2.24. The summed E-state index contributed by atoms with van der Waals surface area (Å²) in [4.78, 5) is 23.2. The van der Waals surface area contributed by atoms with Crippen molar-refractivity contribution in [2.24, 2.45) is 0 Å². The first-order valence-corrected chi connectivity index (χ1v) is 8.32.